The summed E-state index contributed by atoms with van der Waals surface area (Å²) >= 11 is 0. The monoisotopic (exact) mass is 458 g/mol. The summed E-state index contributed by atoms with van der Waals surface area (Å²) in [5.74, 6) is 0.457. The van der Waals surface area contributed by atoms with Crippen LogP contribution in [0.25, 0.3) is 16.7 Å². The molecular formula is C30H34O4. The van der Waals surface area contributed by atoms with Gasteiger partial charge in [0.1, 0.15) is 12.4 Å². The molecule has 3 rings (SSSR count). The Bertz CT molecular complexity index is 1050. The van der Waals surface area contributed by atoms with Crippen LogP contribution in [0.3, 0.4) is 0 Å². The lowest BCUT2D eigenvalue weighted by molar-refractivity contribution is -0.159. The van der Waals surface area contributed by atoms with Gasteiger partial charge in [-0.05, 0) is 73.7 Å². The van der Waals surface area contributed by atoms with E-state index in [4.69, 9.17) is 14.2 Å². The Hall–Kier alpha value is -3.37. The normalized spacial score (nSPS) is 12.4. The van der Waals surface area contributed by atoms with E-state index in [-0.39, 0.29) is 12.1 Å². The van der Waals surface area contributed by atoms with Crippen LogP contribution in [0.4, 0.5) is 0 Å². The van der Waals surface area contributed by atoms with Crippen molar-refractivity contribution in [3.05, 3.63) is 96.1 Å². The molecule has 0 saturated heterocycles. The van der Waals surface area contributed by atoms with Crippen molar-refractivity contribution in [3.63, 3.8) is 0 Å². The lowest BCUT2D eigenvalue weighted by Crippen LogP contribution is -2.31. The average molecular weight is 459 g/mol. The average Bonchev–Trinajstić information content (AvgIpc) is 2.85. The third-order valence-corrected chi connectivity index (χ3v) is 5.42. The second-order valence-corrected chi connectivity index (χ2v) is 8.42. The molecule has 34 heavy (non-hydrogen) atoms. The maximum atomic E-state index is 12.2. The molecule has 3 aromatic carbocycles. The number of allylic oxidation sites excluding steroid dienone is 1. The second kappa shape index (κ2) is 12.8. The summed E-state index contributed by atoms with van der Waals surface area (Å²) in [6.07, 6.45) is 1.89. The van der Waals surface area contributed by atoms with Crippen LogP contribution in [0.1, 0.15) is 38.8 Å². The smallest absolute Gasteiger partial charge is 0.335 e. The standard InChI is InChI=1S/C30H34O4/c1-5-32-30(31)29(34-22(2)3)21-24-11-17-28(18-12-24)33-20-19-23(4)25-13-15-27(16-14-25)26-9-7-6-8-10-26/h6-19,22,29H,5,20-21H2,1-4H3. The van der Waals surface area contributed by atoms with Crippen molar-refractivity contribution in [2.75, 3.05) is 13.2 Å². The molecule has 0 aromatic heterocycles. The van der Waals surface area contributed by atoms with E-state index in [0.717, 1.165) is 11.3 Å². The number of esters is 1. The SMILES string of the molecule is CCOC(=O)C(Cc1ccc(OCC=C(C)c2ccc(-c3ccccc3)cc2)cc1)OC(C)C. The van der Waals surface area contributed by atoms with Crippen LogP contribution < -0.4 is 4.74 Å². The minimum atomic E-state index is -0.606. The fraction of sp³-hybridized carbons (Fsp3) is 0.300. The van der Waals surface area contributed by atoms with Crippen LogP contribution in [0, 0.1) is 0 Å². The Morgan fingerprint density at radius 1 is 0.882 bits per heavy atom. The van der Waals surface area contributed by atoms with Crippen molar-refractivity contribution in [2.45, 2.75) is 46.3 Å². The van der Waals surface area contributed by atoms with Crippen LogP contribution in [-0.2, 0) is 20.7 Å². The van der Waals surface area contributed by atoms with E-state index in [2.05, 4.69) is 61.5 Å². The third kappa shape index (κ3) is 7.60. The van der Waals surface area contributed by atoms with Gasteiger partial charge in [0.2, 0.25) is 0 Å². The number of rotatable bonds is 11. The number of benzene rings is 3. The fourth-order valence-electron chi connectivity index (χ4n) is 3.62. The van der Waals surface area contributed by atoms with E-state index >= 15 is 0 Å². The zero-order chi connectivity index (χ0) is 24.3. The molecule has 0 N–H and O–H groups in total. The van der Waals surface area contributed by atoms with Gasteiger partial charge in [-0.1, -0.05) is 66.7 Å². The van der Waals surface area contributed by atoms with Crippen LogP contribution in [0.15, 0.2) is 84.9 Å². The van der Waals surface area contributed by atoms with E-state index in [1.165, 1.54) is 22.3 Å². The van der Waals surface area contributed by atoms with Crippen LogP contribution >= 0.6 is 0 Å². The van der Waals surface area contributed by atoms with Gasteiger partial charge in [-0.3, -0.25) is 0 Å². The predicted octanol–water partition coefficient (Wildman–Crippen LogP) is 6.74. The Balaban J connectivity index is 1.54. The summed E-state index contributed by atoms with van der Waals surface area (Å²) in [5.41, 5.74) is 5.76. The van der Waals surface area contributed by atoms with Gasteiger partial charge in [-0.2, -0.15) is 0 Å². The number of hydrogen-bond donors (Lipinski definition) is 0. The quantitative estimate of drug-likeness (QED) is 0.299. The Labute approximate surface area is 203 Å². The molecule has 1 unspecified atom stereocenters. The number of ether oxygens (including phenoxy) is 3. The van der Waals surface area contributed by atoms with E-state index < -0.39 is 6.10 Å². The van der Waals surface area contributed by atoms with Crippen LogP contribution in [0.2, 0.25) is 0 Å². The first-order valence-electron chi connectivity index (χ1n) is 11.8. The maximum absolute atomic E-state index is 12.2. The Morgan fingerprint density at radius 3 is 2.15 bits per heavy atom. The molecule has 178 valence electrons. The van der Waals surface area contributed by atoms with Crippen LogP contribution in [-0.4, -0.2) is 31.4 Å². The minimum absolute atomic E-state index is 0.0541. The van der Waals surface area contributed by atoms with E-state index in [0.29, 0.717) is 19.6 Å². The molecule has 1 atom stereocenters. The predicted molar refractivity (Wildman–Crippen MR) is 138 cm³/mol. The first-order chi connectivity index (χ1) is 16.5. The first kappa shape index (κ1) is 25.3. The van der Waals surface area contributed by atoms with Crippen molar-refractivity contribution in [2.24, 2.45) is 0 Å². The molecule has 4 heteroatoms. The summed E-state index contributed by atoms with van der Waals surface area (Å²) < 4.78 is 16.8. The molecule has 4 nitrogen and oxygen atoms in total. The molecule has 0 aliphatic rings. The first-order valence-corrected chi connectivity index (χ1v) is 11.8. The molecule has 0 aliphatic heterocycles. The highest BCUT2D eigenvalue weighted by Gasteiger charge is 2.22. The van der Waals surface area contributed by atoms with Gasteiger partial charge in [0.15, 0.2) is 6.10 Å². The molecule has 0 heterocycles. The molecule has 0 saturated carbocycles. The lowest BCUT2D eigenvalue weighted by atomic mass is 10.0. The maximum Gasteiger partial charge on any atom is 0.335 e. The van der Waals surface area contributed by atoms with Gasteiger partial charge in [-0.15, -0.1) is 0 Å². The van der Waals surface area contributed by atoms with Gasteiger partial charge in [0, 0.05) is 6.42 Å². The van der Waals surface area contributed by atoms with Gasteiger partial charge in [-0.25, -0.2) is 4.79 Å². The fourth-order valence-corrected chi connectivity index (χ4v) is 3.62. The number of carbonyl (C=O) groups excluding carboxylic acids is 1. The van der Waals surface area contributed by atoms with E-state index in [1.54, 1.807) is 6.92 Å². The lowest BCUT2D eigenvalue weighted by Gasteiger charge is -2.19. The second-order valence-electron chi connectivity index (χ2n) is 8.42. The minimum Gasteiger partial charge on any atom is -0.490 e. The third-order valence-electron chi connectivity index (χ3n) is 5.42. The summed E-state index contributed by atoms with van der Waals surface area (Å²) in [7, 11) is 0. The Morgan fingerprint density at radius 2 is 1.53 bits per heavy atom. The van der Waals surface area contributed by atoms with Crippen molar-refractivity contribution in [1.29, 1.82) is 0 Å². The van der Waals surface area contributed by atoms with E-state index in [1.807, 2.05) is 44.2 Å². The molecule has 0 aliphatic carbocycles. The Kier molecular flexibility index (Phi) is 9.48. The molecule has 0 fully saturated rings. The van der Waals surface area contributed by atoms with Gasteiger partial charge in [0.05, 0.1) is 12.7 Å². The molecule has 0 bridgehead atoms. The van der Waals surface area contributed by atoms with E-state index in [9.17, 15) is 4.79 Å². The highest BCUT2D eigenvalue weighted by atomic mass is 16.6. The number of hydrogen-bond acceptors (Lipinski definition) is 4. The van der Waals surface area contributed by atoms with Crippen LogP contribution in [0.5, 0.6) is 5.75 Å². The van der Waals surface area contributed by atoms with Crippen molar-refractivity contribution in [1.82, 2.24) is 0 Å². The molecule has 0 amide bonds. The molecule has 0 spiro atoms. The van der Waals surface area contributed by atoms with Crippen molar-refractivity contribution >= 4 is 11.5 Å². The molecule has 0 radical (unpaired) electrons. The van der Waals surface area contributed by atoms with Gasteiger partial charge in [0.25, 0.3) is 0 Å². The summed E-state index contributed by atoms with van der Waals surface area (Å²) in [5, 5.41) is 0. The zero-order valence-electron chi connectivity index (χ0n) is 20.5. The van der Waals surface area contributed by atoms with Gasteiger partial charge >= 0.3 is 5.97 Å². The number of carbonyl (C=O) groups is 1. The highest BCUT2D eigenvalue weighted by Crippen LogP contribution is 2.22. The van der Waals surface area contributed by atoms with Crippen molar-refractivity contribution < 1.29 is 19.0 Å². The summed E-state index contributed by atoms with van der Waals surface area (Å²) in [6, 6.07) is 26.7. The largest absolute Gasteiger partial charge is 0.490 e. The van der Waals surface area contributed by atoms with Gasteiger partial charge < -0.3 is 14.2 Å². The molecular weight excluding hydrogens is 424 g/mol. The summed E-state index contributed by atoms with van der Waals surface area (Å²) in [6.45, 7) is 8.54. The summed E-state index contributed by atoms with van der Waals surface area (Å²) in [4.78, 5) is 12.2. The zero-order valence-corrected chi connectivity index (χ0v) is 20.5. The van der Waals surface area contributed by atoms with Crippen molar-refractivity contribution in [3.8, 4) is 16.9 Å². The highest BCUT2D eigenvalue weighted by molar-refractivity contribution is 5.75. The molecule has 3 aromatic rings. The topological polar surface area (TPSA) is 44.8 Å².